The summed E-state index contributed by atoms with van der Waals surface area (Å²) >= 11 is 0. The first-order valence-corrected chi connectivity index (χ1v) is 3.55. The molecule has 0 aliphatic carbocycles. The summed E-state index contributed by atoms with van der Waals surface area (Å²) in [5.41, 5.74) is 0.177. The third-order valence-electron chi connectivity index (χ3n) is 1.07. The summed E-state index contributed by atoms with van der Waals surface area (Å²) in [4.78, 5) is 0. The van der Waals surface area contributed by atoms with Crippen LogP contribution in [-0.2, 0) is 4.52 Å². The quantitative estimate of drug-likeness (QED) is 0.439. The van der Waals surface area contributed by atoms with E-state index < -0.39 is 0 Å². The van der Waals surface area contributed by atoms with Gasteiger partial charge in [-0.05, 0) is 6.92 Å². The molecule has 0 aromatic carbocycles. The zero-order chi connectivity index (χ0) is 7.33. The Bertz CT molecular complexity index is 97.1. The highest BCUT2D eigenvalue weighted by atomic mass is 31.0. The van der Waals surface area contributed by atoms with Gasteiger partial charge in [-0.2, -0.15) is 0 Å². The summed E-state index contributed by atoms with van der Waals surface area (Å²) in [6, 6.07) is 0. The standard InChI is InChI=1S/C7H15OP/c1-4-5-7(2,3)6-8-9/h4-5H,6,9H2,1-3H3/b5-4+. The average molecular weight is 146 g/mol. The molecule has 0 aromatic rings. The molecule has 1 unspecified atom stereocenters. The number of hydrogen-bond acceptors (Lipinski definition) is 1. The van der Waals surface area contributed by atoms with E-state index in [1.54, 1.807) is 0 Å². The molecule has 9 heavy (non-hydrogen) atoms. The van der Waals surface area contributed by atoms with Gasteiger partial charge in [0.25, 0.3) is 0 Å². The SMILES string of the molecule is C/C=C/C(C)(C)COP. The molecular formula is C7H15OP. The van der Waals surface area contributed by atoms with Crippen molar-refractivity contribution < 1.29 is 4.52 Å². The van der Waals surface area contributed by atoms with Crippen LogP contribution in [0.1, 0.15) is 20.8 Å². The Morgan fingerprint density at radius 1 is 1.56 bits per heavy atom. The van der Waals surface area contributed by atoms with Crippen molar-refractivity contribution in [3.63, 3.8) is 0 Å². The fourth-order valence-corrected chi connectivity index (χ4v) is 1.14. The van der Waals surface area contributed by atoms with Crippen molar-refractivity contribution in [2.75, 3.05) is 6.61 Å². The van der Waals surface area contributed by atoms with E-state index in [4.69, 9.17) is 4.52 Å². The van der Waals surface area contributed by atoms with Crippen molar-refractivity contribution in [2.24, 2.45) is 5.41 Å². The maximum Gasteiger partial charge on any atom is 0.0587 e. The van der Waals surface area contributed by atoms with Crippen molar-refractivity contribution in [3.05, 3.63) is 12.2 Å². The summed E-state index contributed by atoms with van der Waals surface area (Å²) in [6.45, 7) is 7.04. The van der Waals surface area contributed by atoms with Crippen molar-refractivity contribution >= 4 is 9.47 Å². The first-order valence-electron chi connectivity index (χ1n) is 3.08. The van der Waals surface area contributed by atoms with Gasteiger partial charge in [-0.3, -0.25) is 0 Å². The highest BCUT2D eigenvalue weighted by Crippen LogP contribution is 2.17. The van der Waals surface area contributed by atoms with Crippen LogP contribution in [0.4, 0.5) is 0 Å². The van der Waals surface area contributed by atoms with Crippen LogP contribution in [0.15, 0.2) is 12.2 Å². The van der Waals surface area contributed by atoms with E-state index in [2.05, 4.69) is 29.4 Å². The summed E-state index contributed by atoms with van der Waals surface area (Å²) in [6.07, 6.45) is 4.18. The van der Waals surface area contributed by atoms with Gasteiger partial charge in [0, 0.05) is 14.9 Å². The molecule has 0 amide bonds. The molecule has 0 aliphatic rings. The van der Waals surface area contributed by atoms with Crippen LogP contribution >= 0.6 is 9.47 Å². The Labute approximate surface area is 59.8 Å². The smallest absolute Gasteiger partial charge is 0.0587 e. The molecule has 0 saturated heterocycles. The van der Waals surface area contributed by atoms with Crippen LogP contribution in [0.25, 0.3) is 0 Å². The fourth-order valence-electron chi connectivity index (χ4n) is 0.714. The Morgan fingerprint density at radius 3 is 2.44 bits per heavy atom. The molecule has 0 spiro atoms. The van der Waals surface area contributed by atoms with Crippen molar-refractivity contribution in [1.29, 1.82) is 0 Å². The summed E-state index contributed by atoms with van der Waals surface area (Å²) < 4.78 is 4.92. The lowest BCUT2D eigenvalue weighted by molar-refractivity contribution is 0.254. The largest absolute Gasteiger partial charge is 0.365 e. The first kappa shape index (κ1) is 9.13. The van der Waals surface area contributed by atoms with Gasteiger partial charge in [0.05, 0.1) is 6.61 Å². The lowest BCUT2D eigenvalue weighted by atomic mass is 9.95. The predicted octanol–water partition coefficient (Wildman–Crippen LogP) is 2.40. The van der Waals surface area contributed by atoms with E-state index in [1.807, 2.05) is 13.0 Å². The van der Waals surface area contributed by atoms with Crippen LogP contribution < -0.4 is 0 Å². The van der Waals surface area contributed by atoms with Crippen LogP contribution in [0.2, 0.25) is 0 Å². The minimum atomic E-state index is 0.177. The molecule has 1 nitrogen and oxygen atoms in total. The first-order chi connectivity index (χ1) is 4.12. The molecule has 2 heteroatoms. The van der Waals surface area contributed by atoms with Crippen molar-refractivity contribution in [2.45, 2.75) is 20.8 Å². The highest BCUT2D eigenvalue weighted by molar-refractivity contribution is 7.09. The fraction of sp³-hybridized carbons (Fsp3) is 0.714. The zero-order valence-corrected chi connectivity index (χ0v) is 7.50. The second-order valence-corrected chi connectivity index (χ2v) is 3.13. The van der Waals surface area contributed by atoms with Crippen LogP contribution in [0, 0.1) is 5.41 Å². The summed E-state index contributed by atoms with van der Waals surface area (Å²) in [5, 5.41) is 0. The van der Waals surface area contributed by atoms with Crippen LogP contribution in [0.3, 0.4) is 0 Å². The number of rotatable bonds is 3. The molecule has 54 valence electrons. The monoisotopic (exact) mass is 146 g/mol. The number of hydrogen-bond donors (Lipinski definition) is 0. The molecular weight excluding hydrogens is 131 g/mol. The second kappa shape index (κ2) is 4.03. The molecule has 0 radical (unpaired) electrons. The topological polar surface area (TPSA) is 9.23 Å². The Kier molecular flexibility index (Phi) is 4.09. The second-order valence-electron chi connectivity index (χ2n) is 2.80. The van der Waals surface area contributed by atoms with E-state index in [0.29, 0.717) is 0 Å². The zero-order valence-electron chi connectivity index (χ0n) is 6.35. The van der Waals surface area contributed by atoms with E-state index in [1.165, 1.54) is 0 Å². The Balaban J connectivity index is 3.70. The summed E-state index contributed by atoms with van der Waals surface area (Å²) in [7, 11) is 2.26. The van der Waals surface area contributed by atoms with Gasteiger partial charge in [-0.15, -0.1) is 0 Å². The number of allylic oxidation sites excluding steroid dienone is 1. The molecule has 0 bridgehead atoms. The van der Waals surface area contributed by atoms with Crippen LogP contribution in [-0.4, -0.2) is 6.61 Å². The molecule has 0 aromatic heterocycles. The van der Waals surface area contributed by atoms with Crippen molar-refractivity contribution in [3.8, 4) is 0 Å². The average Bonchev–Trinajstić information content (AvgIpc) is 1.64. The summed E-state index contributed by atoms with van der Waals surface area (Å²) in [5.74, 6) is 0. The van der Waals surface area contributed by atoms with Gasteiger partial charge >= 0.3 is 0 Å². The maximum atomic E-state index is 4.92. The van der Waals surface area contributed by atoms with Crippen LogP contribution in [0.5, 0.6) is 0 Å². The molecule has 0 heterocycles. The predicted molar refractivity (Wildman–Crippen MR) is 44.3 cm³/mol. The molecule has 0 aliphatic heterocycles. The van der Waals surface area contributed by atoms with Gasteiger partial charge in [-0.1, -0.05) is 26.0 Å². The van der Waals surface area contributed by atoms with E-state index in [0.717, 1.165) is 6.61 Å². The maximum absolute atomic E-state index is 4.92. The highest BCUT2D eigenvalue weighted by Gasteiger charge is 2.11. The Morgan fingerprint density at radius 2 is 2.11 bits per heavy atom. The van der Waals surface area contributed by atoms with Gasteiger partial charge in [0.2, 0.25) is 0 Å². The van der Waals surface area contributed by atoms with Crippen molar-refractivity contribution in [1.82, 2.24) is 0 Å². The molecule has 0 saturated carbocycles. The van der Waals surface area contributed by atoms with Gasteiger partial charge in [0.15, 0.2) is 0 Å². The lowest BCUT2D eigenvalue weighted by Gasteiger charge is -2.17. The normalized spacial score (nSPS) is 12.9. The minimum Gasteiger partial charge on any atom is -0.365 e. The molecule has 0 fully saturated rings. The molecule has 1 atom stereocenters. The van der Waals surface area contributed by atoms with Gasteiger partial charge in [-0.25, -0.2) is 0 Å². The molecule has 0 N–H and O–H groups in total. The van der Waals surface area contributed by atoms with E-state index in [9.17, 15) is 0 Å². The molecule has 0 rings (SSSR count). The minimum absolute atomic E-state index is 0.177. The third-order valence-corrected chi connectivity index (χ3v) is 1.24. The van der Waals surface area contributed by atoms with E-state index >= 15 is 0 Å². The Hall–Kier alpha value is 0.130. The van der Waals surface area contributed by atoms with Gasteiger partial charge < -0.3 is 4.52 Å². The lowest BCUT2D eigenvalue weighted by Crippen LogP contribution is -2.12. The van der Waals surface area contributed by atoms with Gasteiger partial charge in [0.1, 0.15) is 0 Å². The van der Waals surface area contributed by atoms with E-state index in [-0.39, 0.29) is 5.41 Å². The third kappa shape index (κ3) is 4.62.